The maximum absolute atomic E-state index is 12.2. The molecule has 0 aliphatic carbocycles. The quantitative estimate of drug-likeness (QED) is 0.519. The minimum atomic E-state index is -1.75. The van der Waals surface area contributed by atoms with E-state index in [0.717, 1.165) is 5.69 Å². The van der Waals surface area contributed by atoms with E-state index >= 15 is 0 Å². The van der Waals surface area contributed by atoms with Crippen LogP contribution >= 0.6 is 0 Å². The van der Waals surface area contributed by atoms with E-state index in [2.05, 4.69) is 10.3 Å². The number of hydrogen-bond acceptors (Lipinski definition) is 5. The van der Waals surface area contributed by atoms with Crippen LogP contribution in [-0.4, -0.2) is 40.9 Å². The Balaban J connectivity index is 2.05. The average molecular weight is 312 g/mol. The van der Waals surface area contributed by atoms with Crippen molar-refractivity contribution in [1.82, 2.24) is 10.3 Å². The molecule has 6 nitrogen and oxygen atoms in total. The van der Waals surface area contributed by atoms with Crippen molar-refractivity contribution in [1.29, 1.82) is 0 Å². The number of aldehydes is 1. The van der Waals surface area contributed by atoms with Crippen LogP contribution in [0.5, 0.6) is 0 Å². The summed E-state index contributed by atoms with van der Waals surface area (Å²) in [5, 5.41) is 21.1. The Bertz CT molecular complexity index is 692. The summed E-state index contributed by atoms with van der Waals surface area (Å²) in [5.74, 6) is -0.293. The monoisotopic (exact) mass is 312 g/mol. The van der Waals surface area contributed by atoms with Gasteiger partial charge in [0.25, 0.3) is 5.91 Å². The third-order valence-electron chi connectivity index (χ3n) is 3.52. The van der Waals surface area contributed by atoms with Crippen molar-refractivity contribution in [2.24, 2.45) is 0 Å². The summed E-state index contributed by atoms with van der Waals surface area (Å²) in [5.41, 5.74) is 1.30. The molecule has 0 spiro atoms. The maximum Gasteiger partial charge on any atom is 0.489 e. The number of carbonyl (C=O) groups excluding carboxylic acids is 2. The van der Waals surface area contributed by atoms with E-state index in [4.69, 9.17) is 10.0 Å². The normalized spacial score (nSPS) is 11.6. The Morgan fingerprint density at radius 3 is 2.74 bits per heavy atom. The Hall–Kier alpha value is -2.51. The second kappa shape index (κ2) is 7.67. The summed E-state index contributed by atoms with van der Waals surface area (Å²) in [6.45, 7) is 2.35. The van der Waals surface area contributed by atoms with Gasteiger partial charge in [0.2, 0.25) is 0 Å². The largest absolute Gasteiger partial charge is 0.489 e. The molecule has 2 aromatic rings. The summed E-state index contributed by atoms with van der Waals surface area (Å²) in [6, 6.07) is 9.73. The molecular formula is C16H17BN2O4. The molecule has 0 radical (unpaired) electrons. The van der Waals surface area contributed by atoms with Crippen LogP contribution in [0.25, 0.3) is 0 Å². The Labute approximate surface area is 134 Å². The van der Waals surface area contributed by atoms with Gasteiger partial charge in [-0.1, -0.05) is 19.1 Å². The zero-order chi connectivity index (χ0) is 16.8. The fourth-order valence-electron chi connectivity index (χ4n) is 2.17. The van der Waals surface area contributed by atoms with Crippen molar-refractivity contribution >= 4 is 24.8 Å². The molecule has 1 aromatic heterocycles. The van der Waals surface area contributed by atoms with Crippen LogP contribution in [0.2, 0.25) is 0 Å². The molecule has 0 bridgehead atoms. The lowest BCUT2D eigenvalue weighted by atomic mass is 9.77. The van der Waals surface area contributed by atoms with Crippen LogP contribution in [0.15, 0.2) is 42.6 Å². The summed E-state index contributed by atoms with van der Waals surface area (Å²) in [4.78, 5) is 27.4. The molecule has 1 amide bonds. The van der Waals surface area contributed by atoms with Crippen LogP contribution in [-0.2, 0) is 0 Å². The predicted octanol–water partition coefficient (Wildman–Crippen LogP) is 0.107. The standard InChI is InChI=1S/C16H17BN2O4/c1-11(15-4-2-3-7-18-15)9-19-16(21)12-5-6-14(17(22)23)13(8-12)10-20/h2-8,10-11,22-23H,9H2,1H3,(H,19,21). The molecule has 0 aliphatic heterocycles. The highest BCUT2D eigenvalue weighted by Gasteiger charge is 2.18. The highest BCUT2D eigenvalue weighted by molar-refractivity contribution is 6.60. The van der Waals surface area contributed by atoms with Crippen LogP contribution in [0.4, 0.5) is 0 Å². The van der Waals surface area contributed by atoms with Gasteiger partial charge in [-0.3, -0.25) is 14.6 Å². The maximum atomic E-state index is 12.2. The lowest BCUT2D eigenvalue weighted by molar-refractivity contribution is 0.0951. The van der Waals surface area contributed by atoms with Gasteiger partial charge in [-0.15, -0.1) is 0 Å². The third-order valence-corrected chi connectivity index (χ3v) is 3.52. The Kier molecular flexibility index (Phi) is 5.62. The lowest BCUT2D eigenvalue weighted by Gasteiger charge is -2.13. The lowest BCUT2D eigenvalue weighted by Crippen LogP contribution is -2.34. The van der Waals surface area contributed by atoms with Gasteiger partial charge >= 0.3 is 7.12 Å². The summed E-state index contributed by atoms with van der Waals surface area (Å²) >= 11 is 0. The number of nitrogens with zero attached hydrogens (tertiary/aromatic N) is 1. The Morgan fingerprint density at radius 2 is 2.13 bits per heavy atom. The minimum Gasteiger partial charge on any atom is -0.423 e. The van der Waals surface area contributed by atoms with Gasteiger partial charge < -0.3 is 15.4 Å². The van der Waals surface area contributed by atoms with Crippen LogP contribution < -0.4 is 10.8 Å². The molecule has 3 N–H and O–H groups in total. The smallest absolute Gasteiger partial charge is 0.423 e. The van der Waals surface area contributed by atoms with Crippen molar-refractivity contribution in [2.75, 3.05) is 6.54 Å². The van der Waals surface area contributed by atoms with Gasteiger partial charge in [-0.25, -0.2) is 0 Å². The van der Waals surface area contributed by atoms with Crippen LogP contribution in [0.1, 0.15) is 39.3 Å². The number of aromatic nitrogens is 1. The van der Waals surface area contributed by atoms with E-state index in [1.165, 1.54) is 18.2 Å². The molecule has 0 saturated carbocycles. The molecule has 1 atom stereocenters. The number of pyridine rings is 1. The first-order valence-electron chi connectivity index (χ1n) is 7.17. The highest BCUT2D eigenvalue weighted by atomic mass is 16.4. The number of nitrogens with one attached hydrogen (secondary N) is 1. The van der Waals surface area contributed by atoms with Crippen molar-refractivity contribution in [2.45, 2.75) is 12.8 Å². The van der Waals surface area contributed by atoms with E-state index in [0.29, 0.717) is 12.8 Å². The molecule has 1 unspecified atom stereocenters. The van der Waals surface area contributed by atoms with Gasteiger partial charge in [0.05, 0.1) is 0 Å². The van der Waals surface area contributed by atoms with Crippen LogP contribution in [0, 0.1) is 0 Å². The molecule has 0 aliphatic rings. The highest BCUT2D eigenvalue weighted by Crippen LogP contribution is 2.10. The SMILES string of the molecule is CC(CNC(=O)c1ccc(B(O)O)c(C=O)c1)c1ccccn1. The topological polar surface area (TPSA) is 99.5 Å². The second-order valence-corrected chi connectivity index (χ2v) is 5.20. The van der Waals surface area contributed by atoms with E-state index in [1.54, 1.807) is 6.20 Å². The summed E-state index contributed by atoms with van der Waals surface area (Å²) in [6.07, 6.45) is 2.19. The van der Waals surface area contributed by atoms with Crippen molar-refractivity contribution in [3.05, 3.63) is 59.4 Å². The number of rotatable bonds is 6. The predicted molar refractivity (Wildman–Crippen MR) is 86.6 cm³/mol. The summed E-state index contributed by atoms with van der Waals surface area (Å²) < 4.78 is 0. The van der Waals surface area contributed by atoms with Crippen LogP contribution in [0.3, 0.4) is 0 Å². The molecule has 1 aromatic carbocycles. The number of carbonyl (C=O) groups is 2. The first kappa shape index (κ1) is 16.9. The molecule has 23 heavy (non-hydrogen) atoms. The molecule has 0 fully saturated rings. The molecule has 7 heteroatoms. The van der Waals surface area contributed by atoms with Gasteiger partial charge in [-0.05, 0) is 29.7 Å². The van der Waals surface area contributed by atoms with E-state index < -0.39 is 7.12 Å². The zero-order valence-electron chi connectivity index (χ0n) is 12.6. The fraction of sp³-hybridized carbons (Fsp3) is 0.188. The molecular weight excluding hydrogens is 295 g/mol. The van der Waals surface area contributed by atoms with E-state index in [9.17, 15) is 9.59 Å². The second-order valence-electron chi connectivity index (χ2n) is 5.20. The van der Waals surface area contributed by atoms with Crippen molar-refractivity contribution in [3.63, 3.8) is 0 Å². The van der Waals surface area contributed by atoms with E-state index in [1.807, 2.05) is 25.1 Å². The first-order valence-corrected chi connectivity index (χ1v) is 7.17. The number of amides is 1. The van der Waals surface area contributed by atoms with Gasteiger partial charge in [-0.2, -0.15) is 0 Å². The van der Waals surface area contributed by atoms with Crippen molar-refractivity contribution < 1.29 is 19.6 Å². The number of hydrogen-bond donors (Lipinski definition) is 3. The molecule has 118 valence electrons. The van der Waals surface area contributed by atoms with Gasteiger partial charge in [0, 0.05) is 35.5 Å². The molecule has 1 heterocycles. The Morgan fingerprint density at radius 1 is 1.35 bits per heavy atom. The average Bonchev–Trinajstić information content (AvgIpc) is 2.59. The van der Waals surface area contributed by atoms with Gasteiger partial charge in [0.1, 0.15) is 6.29 Å². The molecule has 2 rings (SSSR count). The first-order chi connectivity index (χ1) is 11.0. The zero-order valence-corrected chi connectivity index (χ0v) is 12.6. The molecule has 0 saturated heterocycles. The van der Waals surface area contributed by atoms with Crippen molar-refractivity contribution in [3.8, 4) is 0 Å². The minimum absolute atomic E-state index is 0.0456. The van der Waals surface area contributed by atoms with E-state index in [-0.39, 0.29) is 28.4 Å². The fourth-order valence-corrected chi connectivity index (χ4v) is 2.17. The van der Waals surface area contributed by atoms with Gasteiger partial charge in [0.15, 0.2) is 0 Å². The third kappa shape index (κ3) is 4.24. The number of benzene rings is 1. The summed E-state index contributed by atoms with van der Waals surface area (Å²) in [7, 11) is -1.75.